The van der Waals surface area contributed by atoms with Gasteiger partial charge in [0.15, 0.2) is 5.96 Å². The zero-order valence-corrected chi connectivity index (χ0v) is 15.7. The van der Waals surface area contributed by atoms with Crippen LogP contribution >= 0.6 is 24.0 Å². The van der Waals surface area contributed by atoms with Gasteiger partial charge in [-0.15, -0.1) is 24.0 Å². The minimum atomic E-state index is 0. The van der Waals surface area contributed by atoms with E-state index in [0.29, 0.717) is 12.6 Å². The van der Waals surface area contributed by atoms with Gasteiger partial charge >= 0.3 is 0 Å². The van der Waals surface area contributed by atoms with Crippen LogP contribution in [0.1, 0.15) is 23.5 Å². The summed E-state index contributed by atoms with van der Waals surface area (Å²) in [5.74, 6) is 1.85. The number of pyridine rings is 1. The van der Waals surface area contributed by atoms with Gasteiger partial charge in [-0.05, 0) is 25.0 Å². The molecule has 0 amide bonds. The van der Waals surface area contributed by atoms with Crippen molar-refractivity contribution in [3.8, 4) is 0 Å². The molecule has 1 aliphatic rings. The van der Waals surface area contributed by atoms with Gasteiger partial charge in [-0.25, -0.2) is 9.67 Å². The number of aryl methyl sites for hydroxylation is 2. The minimum Gasteiger partial charge on any atom is -0.352 e. The third-order valence-electron chi connectivity index (χ3n) is 3.91. The highest BCUT2D eigenvalue weighted by Crippen LogP contribution is 2.11. The number of rotatable bonds is 3. The number of hydrogen-bond donors (Lipinski definition) is 2. The van der Waals surface area contributed by atoms with E-state index in [4.69, 9.17) is 0 Å². The van der Waals surface area contributed by atoms with E-state index in [2.05, 4.69) is 43.7 Å². The van der Waals surface area contributed by atoms with Crippen molar-refractivity contribution in [2.24, 2.45) is 4.99 Å². The van der Waals surface area contributed by atoms with Crippen molar-refractivity contribution >= 4 is 29.9 Å². The molecule has 0 radical (unpaired) electrons. The van der Waals surface area contributed by atoms with E-state index in [9.17, 15) is 0 Å². The molecule has 8 heteroatoms. The quantitative estimate of drug-likeness (QED) is 0.439. The van der Waals surface area contributed by atoms with E-state index in [1.807, 2.05) is 16.9 Å². The van der Waals surface area contributed by atoms with Crippen LogP contribution in [0, 0.1) is 6.92 Å². The number of guanidine groups is 1. The molecule has 1 atom stereocenters. The molecule has 2 aromatic rings. The molecule has 3 heterocycles. The molecule has 0 fully saturated rings. The van der Waals surface area contributed by atoms with Crippen molar-refractivity contribution < 1.29 is 0 Å². The van der Waals surface area contributed by atoms with E-state index >= 15 is 0 Å². The molecule has 3 rings (SSSR count). The van der Waals surface area contributed by atoms with Gasteiger partial charge < -0.3 is 10.6 Å². The molecule has 0 spiro atoms. The summed E-state index contributed by atoms with van der Waals surface area (Å²) in [6.45, 7) is 3.54. The number of aliphatic imine (C=N–C) groups is 1. The average molecular weight is 427 g/mol. The van der Waals surface area contributed by atoms with Crippen LogP contribution in [0.15, 0.2) is 29.6 Å². The van der Waals surface area contributed by atoms with Crippen molar-refractivity contribution in [2.75, 3.05) is 7.05 Å². The van der Waals surface area contributed by atoms with Crippen LogP contribution in [-0.4, -0.2) is 38.8 Å². The zero-order valence-electron chi connectivity index (χ0n) is 13.4. The topological polar surface area (TPSA) is 80.0 Å². The Labute approximate surface area is 153 Å². The molecule has 0 saturated heterocycles. The first kappa shape index (κ1) is 17.6. The molecule has 0 bridgehead atoms. The van der Waals surface area contributed by atoms with Crippen molar-refractivity contribution in [3.63, 3.8) is 0 Å². The Bertz CT molecular complexity index is 667. The van der Waals surface area contributed by atoms with E-state index in [0.717, 1.165) is 36.9 Å². The monoisotopic (exact) mass is 427 g/mol. The predicted octanol–water partition coefficient (Wildman–Crippen LogP) is 1.28. The third-order valence-corrected chi connectivity index (χ3v) is 3.91. The maximum atomic E-state index is 4.39. The van der Waals surface area contributed by atoms with Crippen molar-refractivity contribution in [1.82, 2.24) is 30.4 Å². The Morgan fingerprint density at radius 2 is 2.30 bits per heavy atom. The molecule has 7 nitrogen and oxygen atoms in total. The van der Waals surface area contributed by atoms with Crippen LogP contribution in [0.3, 0.4) is 0 Å². The van der Waals surface area contributed by atoms with Gasteiger partial charge in [0.05, 0.1) is 18.8 Å². The number of nitrogens with one attached hydrogen (secondary N) is 2. The highest BCUT2D eigenvalue weighted by Gasteiger charge is 2.20. The molecule has 2 N–H and O–H groups in total. The lowest BCUT2D eigenvalue weighted by Crippen LogP contribution is -2.46. The van der Waals surface area contributed by atoms with Crippen LogP contribution in [0.2, 0.25) is 0 Å². The van der Waals surface area contributed by atoms with E-state index in [-0.39, 0.29) is 24.0 Å². The second kappa shape index (κ2) is 8.23. The molecule has 23 heavy (non-hydrogen) atoms. The van der Waals surface area contributed by atoms with Gasteiger partial charge in [0.2, 0.25) is 0 Å². The second-order valence-corrected chi connectivity index (χ2v) is 5.43. The Hall–Kier alpha value is -1.71. The van der Waals surface area contributed by atoms with Crippen LogP contribution in [0.4, 0.5) is 0 Å². The van der Waals surface area contributed by atoms with Gasteiger partial charge in [0.25, 0.3) is 0 Å². The maximum Gasteiger partial charge on any atom is 0.191 e. The summed E-state index contributed by atoms with van der Waals surface area (Å²) in [4.78, 5) is 12.9. The first-order chi connectivity index (χ1) is 10.8. The van der Waals surface area contributed by atoms with E-state index in [1.54, 1.807) is 13.4 Å². The molecule has 1 unspecified atom stereocenters. The third kappa shape index (κ3) is 4.40. The zero-order chi connectivity index (χ0) is 15.4. The highest BCUT2D eigenvalue weighted by molar-refractivity contribution is 14.0. The number of nitrogens with zero attached hydrogens (tertiary/aromatic N) is 5. The standard InChI is InChI=1S/C15H21N7.HI/c1-11-4-3-7-17-13(11)8-18-15(16-2)21-12-5-6-14-19-10-20-22(14)9-12;/h3-4,7,10,12H,5-6,8-9H2,1-2H3,(H2,16,18,21);1H. The minimum absolute atomic E-state index is 0. The Morgan fingerprint density at radius 1 is 1.43 bits per heavy atom. The fraction of sp³-hybridized carbons (Fsp3) is 0.467. The summed E-state index contributed by atoms with van der Waals surface area (Å²) in [7, 11) is 1.78. The number of hydrogen-bond acceptors (Lipinski definition) is 4. The average Bonchev–Trinajstić information content (AvgIpc) is 3.00. The Kier molecular flexibility index (Phi) is 6.31. The van der Waals surface area contributed by atoms with Crippen LogP contribution < -0.4 is 10.6 Å². The Morgan fingerprint density at radius 3 is 3.09 bits per heavy atom. The summed E-state index contributed by atoms with van der Waals surface area (Å²) in [5.41, 5.74) is 2.21. The van der Waals surface area contributed by atoms with E-state index < -0.39 is 0 Å². The van der Waals surface area contributed by atoms with Gasteiger partial charge in [-0.2, -0.15) is 5.10 Å². The number of aromatic nitrogens is 4. The maximum absolute atomic E-state index is 4.39. The molecule has 0 saturated carbocycles. The summed E-state index contributed by atoms with van der Waals surface area (Å²) in [6.07, 6.45) is 5.40. The number of fused-ring (bicyclic) bond motifs is 1. The van der Waals surface area contributed by atoms with Gasteiger partial charge in [0, 0.05) is 25.7 Å². The van der Waals surface area contributed by atoms with Crippen LogP contribution in [0.25, 0.3) is 0 Å². The normalized spacial score (nSPS) is 17.1. The van der Waals surface area contributed by atoms with E-state index in [1.165, 1.54) is 5.56 Å². The lowest BCUT2D eigenvalue weighted by atomic mass is 10.1. The summed E-state index contributed by atoms with van der Waals surface area (Å²) in [6, 6.07) is 4.32. The first-order valence-corrected chi connectivity index (χ1v) is 7.50. The van der Waals surface area contributed by atoms with Crippen LogP contribution in [0.5, 0.6) is 0 Å². The molecule has 0 aromatic carbocycles. The van der Waals surface area contributed by atoms with Gasteiger partial charge in [0.1, 0.15) is 12.2 Å². The smallest absolute Gasteiger partial charge is 0.191 e. The molecule has 124 valence electrons. The molecule has 2 aromatic heterocycles. The second-order valence-electron chi connectivity index (χ2n) is 5.43. The van der Waals surface area contributed by atoms with Crippen LogP contribution in [-0.2, 0) is 19.5 Å². The SMILES string of the molecule is CN=C(NCc1ncccc1C)NC1CCc2ncnn2C1.I. The fourth-order valence-corrected chi connectivity index (χ4v) is 2.61. The van der Waals surface area contributed by atoms with Gasteiger partial charge in [-0.1, -0.05) is 6.07 Å². The lowest BCUT2D eigenvalue weighted by Gasteiger charge is -2.25. The van der Waals surface area contributed by atoms with Crippen molar-refractivity contribution in [2.45, 2.75) is 38.9 Å². The molecular weight excluding hydrogens is 405 g/mol. The largest absolute Gasteiger partial charge is 0.352 e. The predicted molar refractivity (Wildman–Crippen MR) is 99.9 cm³/mol. The fourth-order valence-electron chi connectivity index (χ4n) is 2.61. The summed E-state index contributed by atoms with van der Waals surface area (Å²) >= 11 is 0. The van der Waals surface area contributed by atoms with Crippen molar-refractivity contribution in [1.29, 1.82) is 0 Å². The molecule has 0 aliphatic carbocycles. The molecular formula is C15H22IN7. The summed E-state index contributed by atoms with van der Waals surface area (Å²) < 4.78 is 1.96. The first-order valence-electron chi connectivity index (χ1n) is 7.50. The van der Waals surface area contributed by atoms with Gasteiger partial charge in [-0.3, -0.25) is 9.98 Å². The van der Waals surface area contributed by atoms with Crippen molar-refractivity contribution in [3.05, 3.63) is 41.7 Å². The summed E-state index contributed by atoms with van der Waals surface area (Å²) in [5, 5.41) is 11.0. The molecule has 1 aliphatic heterocycles. The number of halogens is 1. The highest BCUT2D eigenvalue weighted by atomic mass is 127. The Balaban J connectivity index is 0.00000192. The lowest BCUT2D eigenvalue weighted by molar-refractivity contribution is 0.392.